The topological polar surface area (TPSA) is 85.2 Å². The molecule has 35 heavy (non-hydrogen) atoms. The van der Waals surface area contributed by atoms with Crippen molar-refractivity contribution in [3.05, 3.63) is 88.5 Å². The number of carbonyl (C=O) groups is 1. The second-order valence-corrected chi connectivity index (χ2v) is 8.51. The van der Waals surface area contributed by atoms with Crippen LogP contribution >= 0.6 is 0 Å². The van der Waals surface area contributed by atoms with Gasteiger partial charge in [-0.05, 0) is 50.6 Å². The molecule has 180 valence electrons. The largest absolute Gasteiger partial charge is 0.507 e. The van der Waals surface area contributed by atoms with Gasteiger partial charge in [-0.3, -0.25) is 0 Å². The number of rotatable bonds is 7. The molecule has 0 amide bonds. The van der Waals surface area contributed by atoms with Gasteiger partial charge in [-0.1, -0.05) is 29.8 Å². The number of fused-ring (bicyclic) bond motifs is 1. The molecule has 1 aliphatic heterocycles. The van der Waals surface area contributed by atoms with Crippen molar-refractivity contribution in [1.29, 1.82) is 0 Å². The summed E-state index contributed by atoms with van der Waals surface area (Å²) in [4.78, 5) is 12.7. The molecule has 0 aromatic heterocycles. The average molecular weight is 473 g/mol. The summed E-state index contributed by atoms with van der Waals surface area (Å²) in [5.74, 6) is 0.784. The van der Waals surface area contributed by atoms with Crippen LogP contribution in [-0.2, 0) is 11.2 Å². The van der Waals surface area contributed by atoms with Crippen LogP contribution in [0.4, 0.5) is 0 Å². The highest BCUT2D eigenvalue weighted by molar-refractivity contribution is 6.03. The highest BCUT2D eigenvalue weighted by atomic mass is 16.5. The minimum atomic E-state index is -0.863. The number of hydrogen-bond donors (Lipinski definition) is 2. The van der Waals surface area contributed by atoms with Crippen molar-refractivity contribution in [2.75, 3.05) is 14.2 Å². The van der Waals surface area contributed by atoms with Gasteiger partial charge in [0.15, 0.2) is 0 Å². The fourth-order valence-electron chi connectivity index (χ4n) is 4.30. The van der Waals surface area contributed by atoms with E-state index in [0.29, 0.717) is 51.5 Å². The molecule has 0 saturated heterocycles. The lowest BCUT2D eigenvalue weighted by atomic mass is 9.81. The summed E-state index contributed by atoms with van der Waals surface area (Å²) in [6.07, 6.45) is 3.12. The summed E-state index contributed by atoms with van der Waals surface area (Å²) < 4.78 is 17.4. The number of phenols is 2. The third-order valence-corrected chi connectivity index (χ3v) is 6.05. The van der Waals surface area contributed by atoms with E-state index < -0.39 is 5.92 Å². The molecule has 0 aliphatic carbocycles. The number of aldehydes is 1. The number of aromatic hydroxyl groups is 2. The molecule has 0 radical (unpaired) electrons. The Morgan fingerprint density at radius 3 is 2.34 bits per heavy atom. The van der Waals surface area contributed by atoms with E-state index in [4.69, 9.17) is 14.2 Å². The molecule has 1 unspecified atom stereocenters. The molecule has 0 bridgehead atoms. The van der Waals surface area contributed by atoms with Crippen molar-refractivity contribution in [2.45, 2.75) is 26.2 Å². The second kappa shape index (κ2) is 9.97. The van der Waals surface area contributed by atoms with Crippen LogP contribution in [0, 0.1) is 0 Å². The lowest BCUT2D eigenvalue weighted by Crippen LogP contribution is -2.18. The van der Waals surface area contributed by atoms with E-state index in [1.807, 2.05) is 56.3 Å². The Hall–Kier alpha value is -4.19. The average Bonchev–Trinajstić information content (AvgIpc) is 2.87. The molecule has 3 aromatic rings. The maximum absolute atomic E-state index is 12.7. The number of phenolic OH excluding ortho intramolecular Hbond substituents is 2. The van der Waals surface area contributed by atoms with E-state index in [1.54, 1.807) is 26.4 Å². The molecule has 1 heterocycles. The van der Waals surface area contributed by atoms with Gasteiger partial charge >= 0.3 is 0 Å². The van der Waals surface area contributed by atoms with Crippen molar-refractivity contribution >= 4 is 17.6 Å². The minimum absolute atomic E-state index is 0.0989. The predicted octanol–water partition coefficient (Wildman–Crippen LogP) is 5.87. The molecule has 3 aromatic carbocycles. The Balaban J connectivity index is 2.04. The van der Waals surface area contributed by atoms with Crippen LogP contribution in [0.2, 0.25) is 0 Å². The molecule has 0 saturated carbocycles. The smallest absolute Gasteiger partial charge is 0.142 e. The monoisotopic (exact) mass is 472 g/mol. The van der Waals surface area contributed by atoms with Crippen LogP contribution < -0.4 is 14.2 Å². The number of carbonyl (C=O) groups excluding carboxylic acids is 1. The van der Waals surface area contributed by atoms with Gasteiger partial charge in [0.2, 0.25) is 0 Å². The van der Waals surface area contributed by atoms with Crippen LogP contribution in [0.5, 0.6) is 28.7 Å². The third kappa shape index (κ3) is 4.47. The fraction of sp³-hybridized carbons (Fsp3) is 0.207. The number of benzene rings is 3. The molecular weight excluding hydrogens is 444 g/mol. The Morgan fingerprint density at radius 1 is 1.00 bits per heavy atom. The van der Waals surface area contributed by atoms with Crippen molar-refractivity contribution in [1.82, 2.24) is 0 Å². The maximum Gasteiger partial charge on any atom is 0.142 e. The predicted molar refractivity (Wildman–Crippen MR) is 135 cm³/mol. The first-order valence-corrected chi connectivity index (χ1v) is 11.3. The zero-order valence-electron chi connectivity index (χ0n) is 20.2. The summed E-state index contributed by atoms with van der Waals surface area (Å²) in [5, 5.41) is 21.6. The van der Waals surface area contributed by atoms with Crippen LogP contribution in [0.3, 0.4) is 0 Å². The zero-order valence-corrected chi connectivity index (χ0v) is 20.2. The van der Waals surface area contributed by atoms with Crippen molar-refractivity contribution < 1.29 is 29.2 Å². The molecule has 0 fully saturated rings. The lowest BCUT2D eigenvalue weighted by molar-refractivity contribution is -0.108. The van der Waals surface area contributed by atoms with E-state index >= 15 is 0 Å². The summed E-state index contributed by atoms with van der Waals surface area (Å²) in [6.45, 7) is 3.92. The molecule has 6 heteroatoms. The highest BCUT2D eigenvalue weighted by Gasteiger charge is 2.37. The molecule has 2 N–H and O–H groups in total. The Morgan fingerprint density at radius 2 is 1.71 bits per heavy atom. The first-order valence-electron chi connectivity index (χ1n) is 11.3. The van der Waals surface area contributed by atoms with Crippen molar-refractivity contribution in [3.63, 3.8) is 0 Å². The maximum atomic E-state index is 12.7. The number of para-hydroxylation sites is 1. The van der Waals surface area contributed by atoms with Gasteiger partial charge in [-0.15, -0.1) is 0 Å². The summed E-state index contributed by atoms with van der Waals surface area (Å²) in [6, 6.07) is 15.9. The molecule has 4 rings (SSSR count). The zero-order chi connectivity index (χ0) is 25.1. The molecule has 1 aliphatic rings. The first-order chi connectivity index (χ1) is 16.9. The molecular formula is C29H28O6. The molecule has 0 spiro atoms. The Kier molecular flexibility index (Phi) is 6.82. The van der Waals surface area contributed by atoms with E-state index in [-0.39, 0.29) is 17.2 Å². The van der Waals surface area contributed by atoms with Gasteiger partial charge in [0.25, 0.3) is 0 Å². The third-order valence-electron chi connectivity index (χ3n) is 6.05. The fourth-order valence-corrected chi connectivity index (χ4v) is 4.30. The Labute approximate surface area is 204 Å². The number of hydrogen-bond acceptors (Lipinski definition) is 6. The van der Waals surface area contributed by atoms with Gasteiger partial charge in [-0.2, -0.15) is 0 Å². The number of methoxy groups -OCH3 is 2. The van der Waals surface area contributed by atoms with E-state index in [9.17, 15) is 15.0 Å². The lowest BCUT2D eigenvalue weighted by Gasteiger charge is -2.31. The Bertz CT molecular complexity index is 1310. The van der Waals surface area contributed by atoms with Crippen LogP contribution in [0.25, 0.3) is 11.3 Å². The summed E-state index contributed by atoms with van der Waals surface area (Å²) in [7, 11) is 3.15. The van der Waals surface area contributed by atoms with Crippen LogP contribution in [-0.4, -0.2) is 30.7 Å². The van der Waals surface area contributed by atoms with Gasteiger partial charge in [0, 0.05) is 28.3 Å². The van der Waals surface area contributed by atoms with Gasteiger partial charge in [0.05, 0.1) is 25.7 Å². The number of ether oxygens (including phenoxy) is 3. The number of allylic oxidation sites excluding steroid dienone is 3. The second-order valence-electron chi connectivity index (χ2n) is 8.51. The summed E-state index contributed by atoms with van der Waals surface area (Å²) in [5.41, 5.74) is 3.81. The van der Waals surface area contributed by atoms with Crippen LogP contribution in [0.1, 0.15) is 42.0 Å². The van der Waals surface area contributed by atoms with E-state index in [2.05, 4.69) is 0 Å². The van der Waals surface area contributed by atoms with E-state index in [1.165, 1.54) is 6.07 Å². The standard InChI is InChI=1S/C29H28O6/c1-17(2)9-14-20-23(31)15-24(32)27-22(16-30)26(21-7-5-6-8-25(21)34-4)28(35-29(20)27)18-10-12-19(33-3)13-11-18/h5-13,15-16,22,31-32H,14H2,1-4H3. The van der Waals surface area contributed by atoms with Crippen LogP contribution in [0.15, 0.2) is 66.2 Å². The highest BCUT2D eigenvalue weighted by Crippen LogP contribution is 2.53. The first kappa shape index (κ1) is 24.0. The normalized spacial score (nSPS) is 14.6. The molecule has 6 nitrogen and oxygen atoms in total. The minimum Gasteiger partial charge on any atom is -0.507 e. The van der Waals surface area contributed by atoms with Gasteiger partial charge in [-0.25, -0.2) is 0 Å². The molecule has 1 atom stereocenters. The van der Waals surface area contributed by atoms with Gasteiger partial charge in [0.1, 0.15) is 40.8 Å². The van der Waals surface area contributed by atoms with E-state index in [0.717, 1.165) is 11.9 Å². The van der Waals surface area contributed by atoms with Gasteiger partial charge < -0.3 is 29.2 Å². The van der Waals surface area contributed by atoms with Crippen molar-refractivity contribution in [2.24, 2.45) is 0 Å². The van der Waals surface area contributed by atoms with Crippen molar-refractivity contribution in [3.8, 4) is 28.7 Å². The SMILES string of the molecule is COc1ccc(C2=C(c3ccccc3OC)C(C=O)c3c(O)cc(O)c(CC=C(C)C)c3O2)cc1. The summed E-state index contributed by atoms with van der Waals surface area (Å²) >= 11 is 0. The quantitative estimate of drug-likeness (QED) is 0.331.